The molecule has 37 heavy (non-hydrogen) atoms. The van der Waals surface area contributed by atoms with Gasteiger partial charge in [0.1, 0.15) is 6.04 Å². The number of fused-ring (bicyclic) bond motifs is 1. The molecule has 1 saturated carbocycles. The highest BCUT2D eigenvalue weighted by molar-refractivity contribution is 5.90. The predicted molar refractivity (Wildman–Crippen MR) is 137 cm³/mol. The van der Waals surface area contributed by atoms with Gasteiger partial charge in [-0.15, -0.1) is 0 Å². The SMILES string of the molecule is CNC(C)C(=O)N[C@H](C(=O)N1CCCC1CN(CC(F)(F)F)C1Cc2ccccc2C1)C1CCCCC1. The van der Waals surface area contributed by atoms with Crippen molar-refractivity contribution in [3.05, 3.63) is 35.4 Å². The number of rotatable bonds is 9. The van der Waals surface area contributed by atoms with Crippen LogP contribution < -0.4 is 10.6 Å². The molecule has 9 heteroatoms. The molecule has 0 radical (unpaired) electrons. The summed E-state index contributed by atoms with van der Waals surface area (Å²) in [6.07, 6.45) is 3.24. The van der Waals surface area contributed by atoms with Crippen molar-refractivity contribution in [1.82, 2.24) is 20.4 Å². The molecule has 206 valence electrons. The third-order valence-corrected chi connectivity index (χ3v) is 8.55. The molecule has 4 rings (SSSR count). The van der Waals surface area contributed by atoms with Crippen molar-refractivity contribution in [3.63, 3.8) is 0 Å². The van der Waals surface area contributed by atoms with E-state index < -0.39 is 24.8 Å². The summed E-state index contributed by atoms with van der Waals surface area (Å²) in [5.41, 5.74) is 2.22. The average Bonchev–Trinajstić information content (AvgIpc) is 3.52. The number of alkyl halides is 3. The Morgan fingerprint density at radius 3 is 2.30 bits per heavy atom. The zero-order chi connectivity index (χ0) is 26.6. The van der Waals surface area contributed by atoms with Crippen LogP contribution in [0, 0.1) is 5.92 Å². The second kappa shape index (κ2) is 12.2. The van der Waals surface area contributed by atoms with Crippen molar-refractivity contribution in [2.75, 3.05) is 26.7 Å². The van der Waals surface area contributed by atoms with Gasteiger partial charge < -0.3 is 15.5 Å². The number of likely N-dealkylation sites (N-methyl/N-ethyl adjacent to an activating group) is 1. The van der Waals surface area contributed by atoms with Crippen LogP contribution >= 0.6 is 0 Å². The summed E-state index contributed by atoms with van der Waals surface area (Å²) in [5, 5.41) is 5.93. The molecule has 3 aliphatic rings. The summed E-state index contributed by atoms with van der Waals surface area (Å²) in [7, 11) is 1.70. The van der Waals surface area contributed by atoms with Crippen LogP contribution in [0.1, 0.15) is 63.0 Å². The molecule has 2 fully saturated rings. The first kappa shape index (κ1) is 27.9. The fourth-order valence-electron chi connectivity index (χ4n) is 6.39. The monoisotopic (exact) mass is 522 g/mol. The molecule has 1 aliphatic heterocycles. The highest BCUT2D eigenvalue weighted by Gasteiger charge is 2.42. The van der Waals surface area contributed by atoms with E-state index in [0.29, 0.717) is 25.8 Å². The first-order valence-corrected chi connectivity index (χ1v) is 13.8. The van der Waals surface area contributed by atoms with E-state index in [1.54, 1.807) is 23.8 Å². The number of nitrogens with one attached hydrogen (secondary N) is 2. The lowest BCUT2D eigenvalue weighted by atomic mass is 9.83. The zero-order valence-corrected chi connectivity index (χ0v) is 22.0. The van der Waals surface area contributed by atoms with Gasteiger partial charge in [-0.3, -0.25) is 14.5 Å². The molecule has 0 aromatic heterocycles. The van der Waals surface area contributed by atoms with E-state index in [0.717, 1.165) is 49.7 Å². The third-order valence-electron chi connectivity index (χ3n) is 8.55. The average molecular weight is 523 g/mol. The van der Waals surface area contributed by atoms with Gasteiger partial charge in [-0.25, -0.2) is 0 Å². The maximum Gasteiger partial charge on any atom is 0.401 e. The van der Waals surface area contributed by atoms with E-state index in [-0.39, 0.29) is 36.4 Å². The number of amides is 2. The van der Waals surface area contributed by atoms with Crippen molar-refractivity contribution in [2.24, 2.45) is 5.92 Å². The largest absolute Gasteiger partial charge is 0.401 e. The lowest BCUT2D eigenvalue weighted by molar-refractivity contribution is -0.153. The van der Waals surface area contributed by atoms with Crippen LogP contribution in [0.3, 0.4) is 0 Å². The fraction of sp³-hybridized carbons (Fsp3) is 0.714. The second-order valence-corrected chi connectivity index (χ2v) is 11.1. The Labute approximate surface area is 218 Å². The summed E-state index contributed by atoms with van der Waals surface area (Å²) < 4.78 is 41.0. The maximum atomic E-state index is 13.9. The van der Waals surface area contributed by atoms with Gasteiger partial charge in [0.05, 0.1) is 12.6 Å². The minimum atomic E-state index is -4.32. The number of nitrogens with zero attached hydrogens (tertiary/aromatic N) is 2. The third kappa shape index (κ3) is 7.05. The highest BCUT2D eigenvalue weighted by Crippen LogP contribution is 2.32. The van der Waals surface area contributed by atoms with E-state index in [4.69, 9.17) is 0 Å². The summed E-state index contributed by atoms with van der Waals surface area (Å²) in [6, 6.07) is 6.27. The highest BCUT2D eigenvalue weighted by atomic mass is 19.4. The molecule has 0 spiro atoms. The van der Waals surface area contributed by atoms with Crippen molar-refractivity contribution < 1.29 is 22.8 Å². The maximum absolute atomic E-state index is 13.9. The van der Waals surface area contributed by atoms with E-state index in [1.807, 2.05) is 24.3 Å². The number of likely N-dealkylation sites (tertiary alicyclic amines) is 1. The van der Waals surface area contributed by atoms with Crippen molar-refractivity contribution in [2.45, 2.75) is 95.1 Å². The molecule has 1 aromatic rings. The molecule has 2 N–H and O–H groups in total. The molecule has 0 bridgehead atoms. The Morgan fingerprint density at radius 1 is 1.05 bits per heavy atom. The van der Waals surface area contributed by atoms with Crippen LogP contribution in [-0.2, 0) is 22.4 Å². The molecule has 2 amide bonds. The Morgan fingerprint density at radius 2 is 1.70 bits per heavy atom. The number of benzene rings is 1. The topological polar surface area (TPSA) is 64.7 Å². The number of hydrogen-bond acceptors (Lipinski definition) is 4. The van der Waals surface area contributed by atoms with Gasteiger partial charge in [0, 0.05) is 25.2 Å². The lowest BCUT2D eigenvalue weighted by Crippen LogP contribution is -2.58. The molecule has 6 nitrogen and oxygen atoms in total. The summed E-state index contributed by atoms with van der Waals surface area (Å²) in [6.45, 7) is 1.49. The molecule has 1 aromatic carbocycles. The Hall–Kier alpha value is -2.13. The Balaban J connectivity index is 1.50. The van der Waals surface area contributed by atoms with Crippen molar-refractivity contribution in [1.29, 1.82) is 0 Å². The van der Waals surface area contributed by atoms with Gasteiger partial charge in [-0.2, -0.15) is 13.2 Å². The second-order valence-electron chi connectivity index (χ2n) is 11.1. The predicted octanol–water partition coefficient (Wildman–Crippen LogP) is 3.68. The van der Waals surface area contributed by atoms with Gasteiger partial charge in [-0.1, -0.05) is 43.5 Å². The van der Waals surface area contributed by atoms with Gasteiger partial charge >= 0.3 is 6.18 Å². The number of carbonyl (C=O) groups excluding carboxylic acids is 2. The first-order valence-electron chi connectivity index (χ1n) is 13.8. The molecule has 2 aliphatic carbocycles. The fourth-order valence-corrected chi connectivity index (χ4v) is 6.39. The smallest absolute Gasteiger partial charge is 0.343 e. The zero-order valence-electron chi connectivity index (χ0n) is 22.0. The van der Waals surface area contributed by atoms with Gasteiger partial charge in [0.25, 0.3) is 0 Å². The minimum Gasteiger partial charge on any atom is -0.343 e. The molecule has 2 unspecified atom stereocenters. The lowest BCUT2D eigenvalue weighted by Gasteiger charge is -2.38. The standard InChI is InChI=1S/C28H41F3N4O2/c1-19(32-2)26(36)33-25(20-9-4-3-5-10-20)27(37)35-14-8-13-23(35)17-34(18-28(29,30)31)24-15-21-11-6-7-12-22(21)16-24/h6-7,11-12,19-20,23-25,32H,3-5,8-10,13-18H2,1-2H3,(H,33,36)/t19?,23?,25-/m0/s1. The Kier molecular flexibility index (Phi) is 9.16. The Bertz CT molecular complexity index is 909. The molecule has 3 atom stereocenters. The van der Waals surface area contributed by atoms with E-state index in [1.165, 1.54) is 0 Å². The normalized spacial score (nSPS) is 22.8. The molecule has 1 saturated heterocycles. The van der Waals surface area contributed by atoms with Gasteiger partial charge in [-0.05, 0) is 69.5 Å². The van der Waals surface area contributed by atoms with Crippen LogP contribution in [0.25, 0.3) is 0 Å². The summed E-state index contributed by atoms with van der Waals surface area (Å²) >= 11 is 0. The van der Waals surface area contributed by atoms with Crippen molar-refractivity contribution in [3.8, 4) is 0 Å². The van der Waals surface area contributed by atoms with E-state index in [2.05, 4.69) is 10.6 Å². The molecular weight excluding hydrogens is 481 g/mol. The van der Waals surface area contributed by atoms with Crippen LogP contribution in [0.5, 0.6) is 0 Å². The number of halogens is 3. The summed E-state index contributed by atoms with van der Waals surface area (Å²) in [5.74, 6) is -0.288. The number of hydrogen-bond donors (Lipinski definition) is 2. The first-order chi connectivity index (χ1) is 17.7. The van der Waals surface area contributed by atoms with E-state index in [9.17, 15) is 22.8 Å². The van der Waals surface area contributed by atoms with Crippen LogP contribution in [-0.4, -0.2) is 78.6 Å². The minimum absolute atomic E-state index is 0.0612. The van der Waals surface area contributed by atoms with Crippen LogP contribution in [0.4, 0.5) is 13.2 Å². The van der Waals surface area contributed by atoms with Crippen molar-refractivity contribution >= 4 is 11.8 Å². The molecule has 1 heterocycles. The summed E-state index contributed by atoms with van der Waals surface area (Å²) in [4.78, 5) is 30.0. The van der Waals surface area contributed by atoms with Crippen LogP contribution in [0.15, 0.2) is 24.3 Å². The van der Waals surface area contributed by atoms with E-state index >= 15 is 0 Å². The van der Waals surface area contributed by atoms with Gasteiger partial charge in [0.15, 0.2) is 0 Å². The number of carbonyl (C=O) groups is 2. The quantitative estimate of drug-likeness (QED) is 0.520. The van der Waals surface area contributed by atoms with Gasteiger partial charge in [0.2, 0.25) is 11.8 Å². The van der Waals surface area contributed by atoms with Crippen LogP contribution in [0.2, 0.25) is 0 Å². The molecular formula is C28H41F3N4O2.